The lowest BCUT2D eigenvalue weighted by molar-refractivity contribution is 0.767. The van der Waals surface area contributed by atoms with E-state index in [1.54, 1.807) is 23.9 Å². The molecule has 4 rings (SSSR count). The third-order valence-corrected chi connectivity index (χ3v) is 6.08. The van der Waals surface area contributed by atoms with E-state index in [0.29, 0.717) is 0 Å². The lowest BCUT2D eigenvalue weighted by atomic mass is 10.1. The number of aryl methyl sites for hydroxylation is 1. The van der Waals surface area contributed by atoms with Crippen LogP contribution in [0.25, 0.3) is 16.9 Å². The fourth-order valence-corrected chi connectivity index (χ4v) is 4.17. The van der Waals surface area contributed by atoms with Crippen molar-refractivity contribution in [2.24, 2.45) is 0 Å². The molecule has 7 heteroatoms. The normalized spacial score (nSPS) is 10.9. The van der Waals surface area contributed by atoms with Crippen LogP contribution < -0.4 is 15.5 Å². The highest BCUT2D eigenvalue weighted by Crippen LogP contribution is 2.30. The van der Waals surface area contributed by atoms with Crippen LogP contribution in [0.5, 0.6) is 0 Å². The van der Waals surface area contributed by atoms with Gasteiger partial charge in [-0.05, 0) is 49.4 Å². The van der Waals surface area contributed by atoms with Gasteiger partial charge in [-0.25, -0.2) is 9.97 Å². The molecule has 2 N–H and O–H groups in total. The summed E-state index contributed by atoms with van der Waals surface area (Å²) in [5.74, 6) is 0. The molecule has 0 aliphatic heterocycles. The summed E-state index contributed by atoms with van der Waals surface area (Å²) in [5.41, 5.74) is 6.80. The van der Waals surface area contributed by atoms with E-state index in [4.69, 9.17) is 4.98 Å². The van der Waals surface area contributed by atoms with Crippen molar-refractivity contribution in [3.8, 4) is 16.9 Å². The molecule has 0 spiro atoms. The predicted octanol–water partition coefficient (Wildman–Crippen LogP) is 4.96. The maximum absolute atomic E-state index is 4.81. The van der Waals surface area contributed by atoms with Gasteiger partial charge in [0.2, 0.25) is 0 Å². The summed E-state index contributed by atoms with van der Waals surface area (Å²) >= 11 is 1.63. The van der Waals surface area contributed by atoms with Crippen molar-refractivity contribution >= 4 is 27.8 Å². The molecular formula is C24H28N6S. The molecule has 4 aromatic rings. The number of thiazole rings is 1. The van der Waals surface area contributed by atoms with Gasteiger partial charge >= 0.3 is 0 Å². The molecule has 160 valence electrons. The summed E-state index contributed by atoms with van der Waals surface area (Å²) in [6.07, 6.45) is 6.48. The lowest BCUT2D eigenvalue weighted by Gasteiger charge is -2.21. The predicted molar refractivity (Wildman–Crippen MR) is 131 cm³/mol. The zero-order valence-electron chi connectivity index (χ0n) is 18.2. The molecule has 6 nitrogen and oxygen atoms in total. The second kappa shape index (κ2) is 9.76. The van der Waals surface area contributed by atoms with Crippen LogP contribution in [0.2, 0.25) is 0 Å². The molecule has 0 atom stereocenters. The van der Waals surface area contributed by atoms with Crippen molar-refractivity contribution in [2.45, 2.75) is 13.3 Å². The zero-order valence-corrected chi connectivity index (χ0v) is 19.0. The maximum Gasteiger partial charge on any atom is 0.187 e. The van der Waals surface area contributed by atoms with Gasteiger partial charge in [-0.1, -0.05) is 19.1 Å². The van der Waals surface area contributed by atoms with Gasteiger partial charge in [-0.15, -0.1) is 11.3 Å². The Morgan fingerprint density at radius 1 is 1.13 bits per heavy atom. The SMILES string of the molecule is CCc1cc(N(C)CCNC)ccc1Nc1nc(-c2ccc(-n3ccnc3)cc2)cs1. The van der Waals surface area contributed by atoms with E-state index in [1.807, 2.05) is 17.8 Å². The highest BCUT2D eigenvalue weighted by Gasteiger charge is 2.10. The van der Waals surface area contributed by atoms with Crippen LogP contribution in [0.15, 0.2) is 66.6 Å². The zero-order chi connectivity index (χ0) is 21.6. The summed E-state index contributed by atoms with van der Waals surface area (Å²) in [4.78, 5) is 11.2. The Labute approximate surface area is 187 Å². The van der Waals surface area contributed by atoms with E-state index < -0.39 is 0 Å². The number of nitrogens with one attached hydrogen (secondary N) is 2. The van der Waals surface area contributed by atoms with Gasteiger partial charge in [0, 0.05) is 60.5 Å². The average molecular weight is 433 g/mol. The first-order valence-electron chi connectivity index (χ1n) is 10.5. The highest BCUT2D eigenvalue weighted by atomic mass is 32.1. The van der Waals surface area contributed by atoms with Crippen LogP contribution in [0, 0.1) is 0 Å². The molecule has 0 fully saturated rings. The highest BCUT2D eigenvalue weighted by molar-refractivity contribution is 7.14. The van der Waals surface area contributed by atoms with Crippen molar-refractivity contribution in [1.29, 1.82) is 0 Å². The topological polar surface area (TPSA) is 58.0 Å². The number of rotatable bonds is 9. The molecule has 2 aromatic carbocycles. The van der Waals surface area contributed by atoms with Gasteiger partial charge in [-0.2, -0.15) is 0 Å². The molecule has 0 unspecified atom stereocenters. The number of anilines is 3. The molecule has 31 heavy (non-hydrogen) atoms. The minimum atomic E-state index is 0.902. The van der Waals surface area contributed by atoms with Gasteiger partial charge in [0.05, 0.1) is 12.0 Å². The summed E-state index contributed by atoms with van der Waals surface area (Å²) in [6.45, 7) is 4.12. The number of imidazole rings is 1. The van der Waals surface area contributed by atoms with Crippen molar-refractivity contribution in [2.75, 3.05) is 37.4 Å². The maximum atomic E-state index is 4.81. The first-order chi connectivity index (χ1) is 15.2. The van der Waals surface area contributed by atoms with Gasteiger partial charge < -0.3 is 20.1 Å². The number of hydrogen-bond donors (Lipinski definition) is 2. The Bertz CT molecular complexity index is 1100. The second-order valence-electron chi connectivity index (χ2n) is 7.40. The Kier molecular flexibility index (Phi) is 6.64. The molecule has 0 radical (unpaired) electrons. The summed E-state index contributed by atoms with van der Waals surface area (Å²) in [6, 6.07) is 15.0. The summed E-state index contributed by atoms with van der Waals surface area (Å²) in [7, 11) is 4.11. The van der Waals surface area contributed by atoms with Gasteiger partial charge in [0.25, 0.3) is 0 Å². The van der Waals surface area contributed by atoms with E-state index in [9.17, 15) is 0 Å². The molecule has 0 saturated heterocycles. The first kappa shape index (κ1) is 21.1. The van der Waals surface area contributed by atoms with Crippen LogP contribution in [-0.2, 0) is 6.42 Å². The molecule has 0 saturated carbocycles. The minimum absolute atomic E-state index is 0.902. The Morgan fingerprint density at radius 3 is 2.68 bits per heavy atom. The second-order valence-corrected chi connectivity index (χ2v) is 8.26. The number of aromatic nitrogens is 3. The Balaban J connectivity index is 1.48. The third-order valence-electron chi connectivity index (χ3n) is 5.32. The monoisotopic (exact) mass is 432 g/mol. The van der Waals surface area contributed by atoms with E-state index >= 15 is 0 Å². The molecule has 0 aliphatic rings. The first-order valence-corrected chi connectivity index (χ1v) is 11.4. The Morgan fingerprint density at radius 2 is 1.97 bits per heavy atom. The van der Waals surface area contributed by atoms with Crippen LogP contribution in [-0.4, -0.2) is 41.7 Å². The molecule has 0 aliphatic carbocycles. The molecule has 2 aromatic heterocycles. The molecule has 0 amide bonds. The lowest BCUT2D eigenvalue weighted by Crippen LogP contribution is -2.27. The smallest absolute Gasteiger partial charge is 0.187 e. The number of likely N-dealkylation sites (N-methyl/N-ethyl adjacent to an activating group) is 2. The standard InChI is InChI=1S/C24H28N6S/c1-4-18-15-21(29(3)13-11-25-2)9-10-22(18)27-24-28-23(16-31-24)19-5-7-20(8-6-19)30-14-12-26-17-30/h5-10,12,14-17,25H,4,11,13H2,1-3H3,(H,27,28). The fraction of sp³-hybridized carbons (Fsp3) is 0.250. The van der Waals surface area contributed by atoms with Gasteiger partial charge in [0.15, 0.2) is 5.13 Å². The van der Waals surface area contributed by atoms with Crippen molar-refractivity contribution < 1.29 is 0 Å². The van der Waals surface area contributed by atoms with Crippen molar-refractivity contribution in [3.05, 3.63) is 72.1 Å². The van der Waals surface area contributed by atoms with E-state index in [-0.39, 0.29) is 0 Å². The minimum Gasteiger partial charge on any atom is -0.373 e. The van der Waals surface area contributed by atoms with E-state index in [2.05, 4.69) is 82.3 Å². The van der Waals surface area contributed by atoms with E-state index in [1.165, 1.54) is 11.3 Å². The number of hydrogen-bond acceptors (Lipinski definition) is 6. The third kappa shape index (κ3) is 4.95. The summed E-state index contributed by atoms with van der Waals surface area (Å²) < 4.78 is 1.99. The average Bonchev–Trinajstić information content (AvgIpc) is 3.50. The number of benzene rings is 2. The van der Waals surface area contributed by atoms with Crippen molar-refractivity contribution in [3.63, 3.8) is 0 Å². The fourth-order valence-electron chi connectivity index (χ4n) is 3.44. The molecule has 0 bridgehead atoms. The van der Waals surface area contributed by atoms with Gasteiger partial charge in [0.1, 0.15) is 0 Å². The van der Waals surface area contributed by atoms with Crippen LogP contribution >= 0.6 is 11.3 Å². The van der Waals surface area contributed by atoms with Crippen LogP contribution in [0.4, 0.5) is 16.5 Å². The summed E-state index contributed by atoms with van der Waals surface area (Å²) in [5, 5.41) is 9.72. The molecule has 2 heterocycles. The number of nitrogens with zero attached hydrogens (tertiary/aromatic N) is 4. The quantitative estimate of drug-likeness (QED) is 0.392. The van der Waals surface area contributed by atoms with Gasteiger partial charge in [-0.3, -0.25) is 0 Å². The molecular weight excluding hydrogens is 404 g/mol. The van der Waals surface area contributed by atoms with Crippen molar-refractivity contribution in [1.82, 2.24) is 19.9 Å². The van der Waals surface area contributed by atoms with Crippen LogP contribution in [0.1, 0.15) is 12.5 Å². The largest absolute Gasteiger partial charge is 0.373 e. The van der Waals surface area contributed by atoms with Crippen LogP contribution in [0.3, 0.4) is 0 Å². The Hall–Kier alpha value is -3.16. The van der Waals surface area contributed by atoms with E-state index in [0.717, 1.165) is 47.3 Å².